The third-order valence-corrected chi connectivity index (χ3v) is 5.31. The molecular formula is C18H26ClFN2O2. The molecule has 6 heteroatoms. The highest BCUT2D eigenvalue weighted by atomic mass is 35.5. The zero-order valence-corrected chi connectivity index (χ0v) is 14.9. The van der Waals surface area contributed by atoms with Crippen molar-refractivity contribution in [1.29, 1.82) is 0 Å². The van der Waals surface area contributed by atoms with Gasteiger partial charge in [0.25, 0.3) is 0 Å². The van der Waals surface area contributed by atoms with Gasteiger partial charge in [0.15, 0.2) is 0 Å². The van der Waals surface area contributed by atoms with E-state index in [0.717, 1.165) is 38.8 Å². The maximum absolute atomic E-state index is 14.1. The lowest BCUT2D eigenvalue weighted by Crippen LogP contribution is -2.49. The number of hydrogen-bond acceptors (Lipinski definition) is 3. The van der Waals surface area contributed by atoms with E-state index in [1.165, 1.54) is 6.07 Å². The predicted molar refractivity (Wildman–Crippen MR) is 94.0 cm³/mol. The smallest absolute Gasteiger partial charge is 0.230 e. The van der Waals surface area contributed by atoms with Crippen LogP contribution < -0.4 is 10.6 Å². The summed E-state index contributed by atoms with van der Waals surface area (Å²) in [5, 5.41) is 6.44. The second-order valence-corrected chi connectivity index (χ2v) is 6.93. The van der Waals surface area contributed by atoms with Gasteiger partial charge in [-0.25, -0.2) is 4.39 Å². The minimum atomic E-state index is -0.660. The van der Waals surface area contributed by atoms with E-state index in [2.05, 4.69) is 10.6 Å². The van der Waals surface area contributed by atoms with Gasteiger partial charge in [-0.3, -0.25) is 4.79 Å². The number of ether oxygens (including phenoxy) is 1. The molecule has 1 heterocycles. The number of hydrogen-bond donors (Lipinski definition) is 2. The Morgan fingerprint density at radius 3 is 2.50 bits per heavy atom. The van der Waals surface area contributed by atoms with Crippen LogP contribution in [0.3, 0.4) is 0 Å². The molecule has 0 atom stereocenters. The number of amides is 1. The van der Waals surface area contributed by atoms with Crippen LogP contribution in [0.25, 0.3) is 0 Å². The standard InChI is InChI=1S/C18H25FN2O2.ClH/c1-23-13-17(8-10-20-11-9-17)12-21-16(22)18(6-7-18)14-4-2-3-5-15(14)19;/h2-5,20H,6-13H2,1H3,(H,21,22);1H. The quantitative estimate of drug-likeness (QED) is 0.823. The van der Waals surface area contributed by atoms with Gasteiger partial charge >= 0.3 is 0 Å². The molecule has 134 valence electrons. The number of nitrogens with one attached hydrogen (secondary N) is 2. The molecule has 1 aromatic carbocycles. The average molecular weight is 357 g/mol. The lowest BCUT2D eigenvalue weighted by molar-refractivity contribution is -0.124. The molecule has 4 nitrogen and oxygen atoms in total. The topological polar surface area (TPSA) is 50.4 Å². The Hall–Kier alpha value is -1.17. The van der Waals surface area contributed by atoms with Gasteiger partial charge in [-0.2, -0.15) is 0 Å². The van der Waals surface area contributed by atoms with Crippen LogP contribution in [-0.2, 0) is 14.9 Å². The van der Waals surface area contributed by atoms with Crippen molar-refractivity contribution >= 4 is 18.3 Å². The molecule has 2 aliphatic rings. The molecule has 0 unspecified atom stereocenters. The first-order chi connectivity index (χ1) is 11.1. The van der Waals surface area contributed by atoms with Gasteiger partial charge in [-0.1, -0.05) is 18.2 Å². The van der Waals surface area contributed by atoms with Crippen molar-refractivity contribution in [3.63, 3.8) is 0 Å². The van der Waals surface area contributed by atoms with Crippen molar-refractivity contribution in [2.24, 2.45) is 5.41 Å². The Labute approximate surface area is 148 Å². The van der Waals surface area contributed by atoms with E-state index in [1.54, 1.807) is 25.3 Å². The molecule has 1 saturated heterocycles. The molecule has 0 aromatic heterocycles. The monoisotopic (exact) mass is 356 g/mol. The molecule has 0 spiro atoms. The summed E-state index contributed by atoms with van der Waals surface area (Å²) in [4.78, 5) is 12.7. The van der Waals surface area contributed by atoms with Crippen LogP contribution in [-0.4, -0.2) is 39.3 Å². The van der Waals surface area contributed by atoms with Crippen LogP contribution in [0, 0.1) is 11.2 Å². The van der Waals surface area contributed by atoms with E-state index in [9.17, 15) is 9.18 Å². The lowest BCUT2D eigenvalue weighted by Gasteiger charge is -2.37. The minimum Gasteiger partial charge on any atom is -0.384 e. The van der Waals surface area contributed by atoms with Crippen LogP contribution in [0.2, 0.25) is 0 Å². The summed E-state index contributed by atoms with van der Waals surface area (Å²) in [7, 11) is 1.70. The molecule has 0 radical (unpaired) electrons. The Kier molecular flexibility index (Phi) is 6.23. The van der Waals surface area contributed by atoms with Gasteiger partial charge in [-0.15, -0.1) is 12.4 Å². The van der Waals surface area contributed by atoms with Gasteiger partial charge in [0, 0.05) is 24.6 Å². The van der Waals surface area contributed by atoms with Gasteiger partial charge in [-0.05, 0) is 44.8 Å². The maximum Gasteiger partial charge on any atom is 0.230 e. The molecular weight excluding hydrogens is 331 g/mol. The van der Waals surface area contributed by atoms with E-state index in [-0.39, 0.29) is 29.5 Å². The Morgan fingerprint density at radius 2 is 1.92 bits per heavy atom. The second-order valence-electron chi connectivity index (χ2n) is 6.93. The molecule has 1 saturated carbocycles. The molecule has 24 heavy (non-hydrogen) atoms. The molecule has 1 aliphatic carbocycles. The van der Waals surface area contributed by atoms with E-state index in [1.807, 2.05) is 0 Å². The van der Waals surface area contributed by atoms with Crippen LogP contribution in [0.4, 0.5) is 4.39 Å². The summed E-state index contributed by atoms with van der Waals surface area (Å²) in [6.07, 6.45) is 3.40. The van der Waals surface area contributed by atoms with E-state index in [4.69, 9.17) is 4.74 Å². The van der Waals surface area contributed by atoms with Crippen molar-refractivity contribution in [2.75, 3.05) is 33.4 Å². The second kappa shape index (κ2) is 7.81. The summed E-state index contributed by atoms with van der Waals surface area (Å²) in [6, 6.07) is 6.62. The number of rotatable bonds is 6. The fourth-order valence-corrected chi connectivity index (χ4v) is 3.67. The predicted octanol–water partition coefficient (Wildman–Crippen LogP) is 2.41. The fraction of sp³-hybridized carbons (Fsp3) is 0.611. The third kappa shape index (κ3) is 3.73. The maximum atomic E-state index is 14.1. The summed E-state index contributed by atoms with van der Waals surface area (Å²) in [5.74, 6) is -0.328. The number of benzene rings is 1. The summed E-state index contributed by atoms with van der Waals surface area (Å²) in [6.45, 7) is 3.12. The first-order valence-electron chi connectivity index (χ1n) is 8.35. The van der Waals surface area contributed by atoms with Gasteiger partial charge in [0.2, 0.25) is 5.91 Å². The largest absolute Gasteiger partial charge is 0.384 e. The lowest BCUT2D eigenvalue weighted by atomic mass is 9.79. The number of piperidine rings is 1. The van der Waals surface area contributed by atoms with Crippen molar-refractivity contribution in [1.82, 2.24) is 10.6 Å². The van der Waals surface area contributed by atoms with Gasteiger partial charge < -0.3 is 15.4 Å². The zero-order valence-electron chi connectivity index (χ0n) is 14.1. The highest BCUT2D eigenvalue weighted by Crippen LogP contribution is 2.49. The zero-order chi connectivity index (χ0) is 16.3. The summed E-state index contributed by atoms with van der Waals surface area (Å²) < 4.78 is 19.5. The van der Waals surface area contributed by atoms with Crippen molar-refractivity contribution < 1.29 is 13.9 Å². The molecule has 2 N–H and O–H groups in total. The van der Waals surface area contributed by atoms with Crippen LogP contribution >= 0.6 is 12.4 Å². The minimum absolute atomic E-state index is 0. The van der Waals surface area contributed by atoms with E-state index >= 15 is 0 Å². The number of carbonyl (C=O) groups is 1. The number of carbonyl (C=O) groups excluding carboxylic acids is 1. The van der Waals surface area contributed by atoms with Crippen molar-refractivity contribution in [3.05, 3.63) is 35.6 Å². The normalized spacial score (nSPS) is 20.8. The highest BCUT2D eigenvalue weighted by molar-refractivity contribution is 5.91. The third-order valence-electron chi connectivity index (χ3n) is 5.31. The van der Waals surface area contributed by atoms with Gasteiger partial charge in [0.05, 0.1) is 12.0 Å². The first-order valence-corrected chi connectivity index (χ1v) is 8.35. The van der Waals surface area contributed by atoms with Crippen molar-refractivity contribution in [2.45, 2.75) is 31.1 Å². The highest BCUT2D eigenvalue weighted by Gasteiger charge is 2.53. The molecule has 0 bridgehead atoms. The van der Waals surface area contributed by atoms with E-state index < -0.39 is 5.41 Å². The van der Waals surface area contributed by atoms with Crippen LogP contribution in [0.15, 0.2) is 24.3 Å². The molecule has 3 rings (SSSR count). The molecule has 1 amide bonds. The molecule has 1 aromatic rings. The van der Waals surface area contributed by atoms with Gasteiger partial charge in [0.1, 0.15) is 5.82 Å². The Bertz CT molecular complexity index is 566. The Morgan fingerprint density at radius 1 is 1.25 bits per heavy atom. The number of methoxy groups -OCH3 is 1. The first kappa shape index (κ1) is 19.2. The number of halogens is 2. The van der Waals surface area contributed by atoms with E-state index in [0.29, 0.717) is 18.7 Å². The van der Waals surface area contributed by atoms with Crippen molar-refractivity contribution in [3.8, 4) is 0 Å². The molecule has 2 fully saturated rings. The van der Waals surface area contributed by atoms with Crippen LogP contribution in [0.1, 0.15) is 31.2 Å². The summed E-state index contributed by atoms with van der Waals surface area (Å²) >= 11 is 0. The Balaban J connectivity index is 0.00000208. The fourth-order valence-electron chi connectivity index (χ4n) is 3.67. The molecule has 1 aliphatic heterocycles. The average Bonchev–Trinajstić information content (AvgIpc) is 3.36. The van der Waals surface area contributed by atoms with Crippen LogP contribution in [0.5, 0.6) is 0 Å². The summed E-state index contributed by atoms with van der Waals surface area (Å²) in [5.41, 5.74) is -0.142. The SMILES string of the molecule is COCC1(CNC(=O)C2(c3ccccc3F)CC2)CCNCC1.Cl.